The predicted octanol–water partition coefficient (Wildman–Crippen LogP) is 0.848. The molecule has 0 saturated heterocycles. The first kappa shape index (κ1) is 18.3. The van der Waals surface area contributed by atoms with E-state index in [-0.39, 0.29) is 19.4 Å². The highest BCUT2D eigenvalue weighted by Crippen LogP contribution is 2.05. The number of carbonyl (C=O) groups is 3. The molecule has 0 aliphatic rings. The molecule has 0 radical (unpaired) electrons. The first-order valence-corrected chi connectivity index (χ1v) is 7.08. The third kappa shape index (κ3) is 7.21. The minimum atomic E-state index is -0.957. The second-order valence-electron chi connectivity index (χ2n) is 4.72. The molecule has 0 heterocycles. The Bertz CT molecular complexity index is 601. The molecule has 0 spiro atoms. The Morgan fingerprint density at radius 1 is 1.39 bits per heavy atom. The van der Waals surface area contributed by atoms with Crippen LogP contribution in [-0.4, -0.2) is 30.4 Å². The Hall–Kier alpha value is -2.70. The zero-order valence-corrected chi connectivity index (χ0v) is 12.8. The van der Waals surface area contributed by atoms with Crippen molar-refractivity contribution in [1.29, 1.82) is 0 Å². The molecule has 0 aliphatic heterocycles. The number of hydrogen-bond acceptors (Lipinski definition) is 4. The topological polar surface area (TPSA) is 98.5 Å². The molecule has 0 fully saturated rings. The Balaban J connectivity index is 2.56. The number of hydrogen-bond donors (Lipinski definition) is 2. The van der Waals surface area contributed by atoms with Crippen LogP contribution in [0, 0.1) is 5.82 Å². The Morgan fingerprint density at radius 2 is 2.13 bits per heavy atom. The highest BCUT2D eigenvalue weighted by atomic mass is 19.1. The molecule has 1 rings (SSSR count). The summed E-state index contributed by atoms with van der Waals surface area (Å²) in [6.45, 7) is 1.91. The van der Waals surface area contributed by atoms with E-state index in [1.807, 2.05) is 0 Å². The Labute approximate surface area is 133 Å². The number of halogens is 1. The van der Waals surface area contributed by atoms with Crippen molar-refractivity contribution >= 4 is 17.8 Å². The molecular formula is C16H19FN2O4. The van der Waals surface area contributed by atoms with Crippen LogP contribution in [0.1, 0.15) is 18.9 Å². The van der Waals surface area contributed by atoms with Gasteiger partial charge in [0.15, 0.2) is 0 Å². The fraction of sp³-hybridized carbons (Fsp3) is 0.312. The number of esters is 1. The van der Waals surface area contributed by atoms with Crippen LogP contribution in [0.5, 0.6) is 0 Å². The van der Waals surface area contributed by atoms with Gasteiger partial charge >= 0.3 is 5.97 Å². The van der Waals surface area contributed by atoms with Crippen molar-refractivity contribution < 1.29 is 23.5 Å². The van der Waals surface area contributed by atoms with Gasteiger partial charge in [-0.1, -0.05) is 18.2 Å². The highest BCUT2D eigenvalue weighted by Gasteiger charge is 2.17. The Morgan fingerprint density at radius 3 is 2.74 bits per heavy atom. The predicted molar refractivity (Wildman–Crippen MR) is 81.6 cm³/mol. The lowest BCUT2D eigenvalue weighted by Crippen LogP contribution is -2.44. The molecule has 0 bridgehead atoms. The molecule has 3 N–H and O–H groups in total. The van der Waals surface area contributed by atoms with E-state index in [2.05, 4.69) is 5.32 Å². The summed E-state index contributed by atoms with van der Waals surface area (Å²) in [7, 11) is 0. The molecule has 124 valence electrons. The van der Waals surface area contributed by atoms with Gasteiger partial charge in [0, 0.05) is 6.08 Å². The standard InChI is InChI=1S/C16H19FN2O4/c1-2-23-15(21)8-4-7-13(16(18)22)19-14(20)10-11-5-3-6-12(17)9-11/h3-6,8-9,13H,2,7,10H2,1H3,(H2,18,22)(H,19,20)/b8-4+/t13-/m1/s1. The van der Waals surface area contributed by atoms with Gasteiger partial charge in [-0.15, -0.1) is 0 Å². The molecule has 1 aromatic rings. The molecule has 0 unspecified atom stereocenters. The average Bonchev–Trinajstić information content (AvgIpc) is 2.46. The normalized spacial score (nSPS) is 11.9. The quantitative estimate of drug-likeness (QED) is 0.547. The van der Waals surface area contributed by atoms with Crippen LogP contribution in [0.4, 0.5) is 4.39 Å². The number of carbonyl (C=O) groups excluding carboxylic acids is 3. The summed E-state index contributed by atoms with van der Waals surface area (Å²) in [5.41, 5.74) is 5.69. The molecule has 1 aromatic carbocycles. The molecule has 1 atom stereocenters. The van der Waals surface area contributed by atoms with Crippen LogP contribution in [-0.2, 0) is 25.5 Å². The van der Waals surface area contributed by atoms with Crippen LogP contribution in [0.3, 0.4) is 0 Å². The third-order valence-corrected chi connectivity index (χ3v) is 2.84. The monoisotopic (exact) mass is 322 g/mol. The maximum atomic E-state index is 13.1. The third-order valence-electron chi connectivity index (χ3n) is 2.84. The van der Waals surface area contributed by atoms with Crippen molar-refractivity contribution in [3.63, 3.8) is 0 Å². The minimum Gasteiger partial charge on any atom is -0.463 e. The average molecular weight is 322 g/mol. The summed E-state index contributed by atoms with van der Waals surface area (Å²) in [6, 6.07) is 4.64. The van der Waals surface area contributed by atoms with E-state index >= 15 is 0 Å². The van der Waals surface area contributed by atoms with E-state index in [0.717, 1.165) is 6.08 Å². The lowest BCUT2D eigenvalue weighted by atomic mass is 10.1. The lowest BCUT2D eigenvalue weighted by molar-refractivity contribution is -0.137. The Kier molecular flexibility index (Phi) is 7.45. The van der Waals surface area contributed by atoms with Crippen LogP contribution < -0.4 is 11.1 Å². The van der Waals surface area contributed by atoms with Crippen molar-refractivity contribution in [1.82, 2.24) is 5.32 Å². The van der Waals surface area contributed by atoms with Gasteiger partial charge in [-0.25, -0.2) is 9.18 Å². The number of benzene rings is 1. The number of nitrogens with two attached hydrogens (primary N) is 1. The van der Waals surface area contributed by atoms with E-state index in [1.165, 1.54) is 24.3 Å². The lowest BCUT2D eigenvalue weighted by Gasteiger charge is -2.13. The minimum absolute atomic E-state index is 0.0586. The molecule has 0 aromatic heterocycles. The van der Waals surface area contributed by atoms with E-state index in [4.69, 9.17) is 10.5 Å². The van der Waals surface area contributed by atoms with Gasteiger partial charge < -0.3 is 15.8 Å². The maximum absolute atomic E-state index is 13.1. The van der Waals surface area contributed by atoms with E-state index in [0.29, 0.717) is 5.56 Å². The number of amides is 2. The number of ether oxygens (including phenoxy) is 1. The first-order valence-electron chi connectivity index (χ1n) is 7.08. The molecule has 6 nitrogen and oxygen atoms in total. The number of nitrogens with one attached hydrogen (secondary N) is 1. The molecule has 2 amide bonds. The van der Waals surface area contributed by atoms with E-state index < -0.39 is 29.6 Å². The summed E-state index contributed by atoms with van der Waals surface area (Å²) in [5.74, 6) is -2.18. The number of rotatable bonds is 8. The summed E-state index contributed by atoms with van der Waals surface area (Å²) < 4.78 is 17.7. The van der Waals surface area contributed by atoms with Crippen molar-refractivity contribution in [3.8, 4) is 0 Å². The van der Waals surface area contributed by atoms with Crippen LogP contribution in [0.15, 0.2) is 36.4 Å². The first-order chi connectivity index (χ1) is 10.9. The molecule has 23 heavy (non-hydrogen) atoms. The summed E-state index contributed by atoms with van der Waals surface area (Å²) in [6.07, 6.45) is 2.54. The highest BCUT2D eigenvalue weighted by molar-refractivity contribution is 5.88. The second kappa shape index (κ2) is 9.34. The van der Waals surface area contributed by atoms with Crippen LogP contribution in [0.25, 0.3) is 0 Å². The van der Waals surface area contributed by atoms with Gasteiger partial charge in [-0.05, 0) is 31.0 Å². The largest absolute Gasteiger partial charge is 0.463 e. The molecule has 7 heteroatoms. The summed E-state index contributed by atoms with van der Waals surface area (Å²) in [4.78, 5) is 34.4. The van der Waals surface area contributed by atoms with E-state index in [9.17, 15) is 18.8 Å². The summed E-state index contributed by atoms with van der Waals surface area (Å²) >= 11 is 0. The van der Waals surface area contributed by atoms with Gasteiger partial charge in [-0.3, -0.25) is 9.59 Å². The van der Waals surface area contributed by atoms with Crippen LogP contribution >= 0.6 is 0 Å². The van der Waals surface area contributed by atoms with Gasteiger partial charge in [0.05, 0.1) is 13.0 Å². The zero-order chi connectivity index (χ0) is 17.2. The van der Waals surface area contributed by atoms with Gasteiger partial charge in [0.2, 0.25) is 11.8 Å². The number of primary amides is 1. The summed E-state index contributed by atoms with van der Waals surface area (Å²) in [5, 5.41) is 2.45. The van der Waals surface area contributed by atoms with Crippen molar-refractivity contribution in [2.24, 2.45) is 5.73 Å². The van der Waals surface area contributed by atoms with E-state index in [1.54, 1.807) is 13.0 Å². The smallest absolute Gasteiger partial charge is 0.330 e. The second-order valence-corrected chi connectivity index (χ2v) is 4.72. The molecule has 0 aliphatic carbocycles. The fourth-order valence-electron chi connectivity index (χ4n) is 1.81. The van der Waals surface area contributed by atoms with Crippen molar-refractivity contribution in [3.05, 3.63) is 47.8 Å². The van der Waals surface area contributed by atoms with Gasteiger partial charge in [-0.2, -0.15) is 0 Å². The van der Waals surface area contributed by atoms with Gasteiger partial charge in [0.1, 0.15) is 11.9 Å². The molecule has 0 saturated carbocycles. The fourth-order valence-corrected chi connectivity index (χ4v) is 1.81. The van der Waals surface area contributed by atoms with Crippen molar-refractivity contribution in [2.75, 3.05) is 6.61 Å². The molecular weight excluding hydrogens is 303 g/mol. The zero-order valence-electron chi connectivity index (χ0n) is 12.8. The van der Waals surface area contributed by atoms with Crippen molar-refractivity contribution in [2.45, 2.75) is 25.8 Å². The maximum Gasteiger partial charge on any atom is 0.330 e. The van der Waals surface area contributed by atoms with Gasteiger partial charge in [0.25, 0.3) is 0 Å². The van der Waals surface area contributed by atoms with Crippen LogP contribution in [0.2, 0.25) is 0 Å². The SMILES string of the molecule is CCOC(=O)/C=C/C[C@@H](NC(=O)Cc1cccc(F)c1)C(N)=O.